The fraction of sp³-hybridized carbons (Fsp3) is 0.429. The number of anilines is 1. The van der Waals surface area contributed by atoms with Gasteiger partial charge >= 0.3 is 5.97 Å². The van der Waals surface area contributed by atoms with Crippen LogP contribution in [0, 0.1) is 5.82 Å². The lowest BCUT2D eigenvalue weighted by molar-refractivity contribution is -0.117. The molecule has 1 unspecified atom stereocenters. The van der Waals surface area contributed by atoms with E-state index in [4.69, 9.17) is 4.74 Å². The number of halogens is 1. The molecule has 0 aliphatic carbocycles. The zero-order valence-electron chi connectivity index (χ0n) is 11.6. The van der Waals surface area contributed by atoms with Crippen LogP contribution in [0.2, 0.25) is 0 Å². The maximum absolute atomic E-state index is 13.2. The number of nitrogens with one attached hydrogen (secondary N) is 2. The number of amides is 1. The fourth-order valence-corrected chi connectivity index (χ4v) is 2.08. The summed E-state index contributed by atoms with van der Waals surface area (Å²) >= 11 is 0. The van der Waals surface area contributed by atoms with Gasteiger partial charge in [0, 0.05) is 19.0 Å². The highest BCUT2D eigenvalue weighted by Gasteiger charge is 2.19. The maximum atomic E-state index is 13.2. The SMILES string of the molecule is COC(=O)c1cc(F)ccc1NC(=O)CC1COCCN1. The van der Waals surface area contributed by atoms with Crippen molar-refractivity contribution in [3.8, 4) is 0 Å². The molecule has 0 bridgehead atoms. The van der Waals surface area contributed by atoms with Gasteiger partial charge in [0.2, 0.25) is 5.91 Å². The Morgan fingerprint density at radius 3 is 3.00 bits per heavy atom. The number of carbonyl (C=O) groups is 2. The summed E-state index contributed by atoms with van der Waals surface area (Å²) in [7, 11) is 1.20. The van der Waals surface area contributed by atoms with Gasteiger partial charge in [-0.15, -0.1) is 0 Å². The molecule has 1 amide bonds. The zero-order valence-corrected chi connectivity index (χ0v) is 11.6. The summed E-state index contributed by atoms with van der Waals surface area (Å²) in [4.78, 5) is 23.6. The number of benzene rings is 1. The van der Waals surface area contributed by atoms with Crippen molar-refractivity contribution in [2.75, 3.05) is 32.2 Å². The second kappa shape index (κ2) is 7.14. The molecule has 7 heteroatoms. The highest BCUT2D eigenvalue weighted by molar-refractivity contribution is 6.01. The van der Waals surface area contributed by atoms with E-state index >= 15 is 0 Å². The molecule has 1 heterocycles. The van der Waals surface area contributed by atoms with Crippen LogP contribution >= 0.6 is 0 Å². The van der Waals surface area contributed by atoms with Crippen LogP contribution in [0.15, 0.2) is 18.2 Å². The van der Waals surface area contributed by atoms with Crippen LogP contribution in [0.5, 0.6) is 0 Å². The number of hydrogen-bond donors (Lipinski definition) is 2. The van der Waals surface area contributed by atoms with Crippen LogP contribution in [0.1, 0.15) is 16.8 Å². The molecule has 1 atom stereocenters. The number of carbonyl (C=O) groups excluding carboxylic acids is 2. The first-order valence-electron chi connectivity index (χ1n) is 6.59. The Kier molecular flexibility index (Phi) is 5.24. The Hall–Kier alpha value is -1.99. The van der Waals surface area contributed by atoms with Crippen LogP contribution in [-0.4, -0.2) is 44.8 Å². The van der Waals surface area contributed by atoms with Crippen molar-refractivity contribution < 1.29 is 23.5 Å². The molecule has 2 rings (SSSR count). The maximum Gasteiger partial charge on any atom is 0.340 e. The first-order chi connectivity index (χ1) is 10.1. The number of esters is 1. The molecule has 1 saturated heterocycles. The third-order valence-corrected chi connectivity index (χ3v) is 3.09. The summed E-state index contributed by atoms with van der Waals surface area (Å²) in [5, 5.41) is 5.75. The number of rotatable bonds is 4. The first-order valence-corrected chi connectivity index (χ1v) is 6.59. The van der Waals surface area contributed by atoms with Crippen molar-refractivity contribution >= 4 is 17.6 Å². The Morgan fingerprint density at radius 2 is 2.33 bits per heavy atom. The average Bonchev–Trinajstić information content (AvgIpc) is 2.49. The predicted octanol–water partition coefficient (Wildman–Crippen LogP) is 0.929. The third-order valence-electron chi connectivity index (χ3n) is 3.09. The van der Waals surface area contributed by atoms with Crippen molar-refractivity contribution in [2.24, 2.45) is 0 Å². The molecule has 0 saturated carbocycles. The fourth-order valence-electron chi connectivity index (χ4n) is 2.08. The van der Waals surface area contributed by atoms with Gasteiger partial charge in [-0.3, -0.25) is 4.79 Å². The van der Waals surface area contributed by atoms with Crippen molar-refractivity contribution in [3.63, 3.8) is 0 Å². The summed E-state index contributed by atoms with van der Waals surface area (Å²) in [6.07, 6.45) is 0.206. The minimum atomic E-state index is -0.705. The van der Waals surface area contributed by atoms with Gasteiger partial charge in [0.25, 0.3) is 0 Å². The molecule has 1 aromatic carbocycles. The van der Waals surface area contributed by atoms with Gasteiger partial charge in [-0.2, -0.15) is 0 Å². The van der Waals surface area contributed by atoms with Crippen molar-refractivity contribution in [1.82, 2.24) is 5.32 Å². The second-order valence-electron chi connectivity index (χ2n) is 4.66. The quantitative estimate of drug-likeness (QED) is 0.808. The van der Waals surface area contributed by atoms with E-state index < -0.39 is 11.8 Å². The molecule has 2 N–H and O–H groups in total. The monoisotopic (exact) mass is 296 g/mol. The molecule has 1 aromatic rings. The molecule has 1 aliphatic heterocycles. The van der Waals surface area contributed by atoms with Crippen molar-refractivity contribution in [3.05, 3.63) is 29.6 Å². The molecule has 1 fully saturated rings. The van der Waals surface area contributed by atoms with E-state index in [1.54, 1.807) is 0 Å². The lowest BCUT2D eigenvalue weighted by atomic mass is 10.1. The minimum absolute atomic E-state index is 0.0151. The second-order valence-corrected chi connectivity index (χ2v) is 4.66. The van der Waals surface area contributed by atoms with E-state index in [2.05, 4.69) is 15.4 Å². The Bertz CT molecular complexity index is 530. The van der Waals surface area contributed by atoms with Gasteiger partial charge in [0.05, 0.1) is 31.6 Å². The average molecular weight is 296 g/mol. The van der Waals surface area contributed by atoms with Crippen LogP contribution in [0.25, 0.3) is 0 Å². The van der Waals surface area contributed by atoms with Crippen LogP contribution < -0.4 is 10.6 Å². The van der Waals surface area contributed by atoms with E-state index in [1.807, 2.05) is 0 Å². The Morgan fingerprint density at radius 1 is 1.52 bits per heavy atom. The lowest BCUT2D eigenvalue weighted by Gasteiger charge is -2.23. The van der Waals surface area contributed by atoms with E-state index in [0.717, 1.165) is 6.07 Å². The number of hydrogen-bond acceptors (Lipinski definition) is 5. The van der Waals surface area contributed by atoms with Crippen LogP contribution in [0.3, 0.4) is 0 Å². The minimum Gasteiger partial charge on any atom is -0.465 e. The highest BCUT2D eigenvalue weighted by atomic mass is 19.1. The van der Waals surface area contributed by atoms with E-state index in [-0.39, 0.29) is 29.6 Å². The number of methoxy groups -OCH3 is 1. The number of morpholine rings is 1. The first kappa shape index (κ1) is 15.4. The van der Waals surface area contributed by atoms with Crippen LogP contribution in [0.4, 0.5) is 10.1 Å². The molecule has 114 valence electrons. The summed E-state index contributed by atoms with van der Waals surface area (Å²) in [5.41, 5.74) is 0.212. The standard InChI is InChI=1S/C14H17FN2O4/c1-20-14(19)11-6-9(15)2-3-12(11)17-13(18)7-10-8-21-5-4-16-10/h2-3,6,10,16H,4-5,7-8H2,1H3,(H,17,18). The molecular weight excluding hydrogens is 279 g/mol. The molecule has 6 nitrogen and oxygen atoms in total. The molecular formula is C14H17FN2O4. The topological polar surface area (TPSA) is 76.7 Å². The largest absolute Gasteiger partial charge is 0.465 e. The molecule has 21 heavy (non-hydrogen) atoms. The zero-order chi connectivity index (χ0) is 15.2. The molecule has 0 aromatic heterocycles. The normalized spacial score (nSPS) is 18.1. The van der Waals surface area contributed by atoms with Gasteiger partial charge in [0.15, 0.2) is 0 Å². The van der Waals surface area contributed by atoms with Crippen molar-refractivity contribution in [1.29, 1.82) is 0 Å². The number of ether oxygens (including phenoxy) is 2. The predicted molar refractivity (Wildman–Crippen MR) is 73.6 cm³/mol. The van der Waals surface area contributed by atoms with Gasteiger partial charge in [-0.1, -0.05) is 0 Å². The summed E-state index contributed by atoms with van der Waals surface area (Å²) < 4.78 is 23.0. The van der Waals surface area contributed by atoms with E-state index in [1.165, 1.54) is 19.2 Å². The molecule has 0 spiro atoms. The Balaban J connectivity index is 2.04. The summed E-state index contributed by atoms with van der Waals surface area (Å²) in [6, 6.07) is 3.47. The van der Waals surface area contributed by atoms with Gasteiger partial charge in [-0.25, -0.2) is 9.18 Å². The van der Waals surface area contributed by atoms with Crippen LogP contribution in [-0.2, 0) is 14.3 Å². The van der Waals surface area contributed by atoms with E-state index in [0.29, 0.717) is 19.8 Å². The van der Waals surface area contributed by atoms with Gasteiger partial charge in [-0.05, 0) is 18.2 Å². The van der Waals surface area contributed by atoms with Crippen molar-refractivity contribution in [2.45, 2.75) is 12.5 Å². The smallest absolute Gasteiger partial charge is 0.340 e. The van der Waals surface area contributed by atoms with Gasteiger partial charge < -0.3 is 20.1 Å². The Labute approximate surface area is 121 Å². The highest BCUT2D eigenvalue weighted by Crippen LogP contribution is 2.18. The third kappa shape index (κ3) is 4.24. The van der Waals surface area contributed by atoms with E-state index in [9.17, 15) is 14.0 Å². The van der Waals surface area contributed by atoms with Gasteiger partial charge in [0.1, 0.15) is 5.82 Å². The molecule has 0 radical (unpaired) electrons. The molecule has 1 aliphatic rings. The lowest BCUT2D eigenvalue weighted by Crippen LogP contribution is -2.43. The summed E-state index contributed by atoms with van der Waals surface area (Å²) in [6.45, 7) is 1.78. The summed E-state index contributed by atoms with van der Waals surface area (Å²) in [5.74, 6) is -1.56.